The molecule has 0 aliphatic rings. The van der Waals surface area contributed by atoms with E-state index < -0.39 is 29.3 Å². The monoisotopic (exact) mass is 335 g/mol. The fraction of sp³-hybridized carbons (Fsp3) is 0.438. The molecule has 0 aliphatic heterocycles. The molecule has 8 heteroatoms. The van der Waals surface area contributed by atoms with Crippen molar-refractivity contribution in [3.63, 3.8) is 0 Å². The van der Waals surface area contributed by atoms with E-state index in [1.807, 2.05) is 0 Å². The van der Waals surface area contributed by atoms with Gasteiger partial charge in [0.1, 0.15) is 18.2 Å². The predicted octanol–water partition coefficient (Wildman–Crippen LogP) is 0.557. The molecule has 8 nitrogen and oxygen atoms in total. The van der Waals surface area contributed by atoms with Gasteiger partial charge in [-0.25, -0.2) is 4.79 Å². The van der Waals surface area contributed by atoms with Gasteiger partial charge in [0.05, 0.1) is 17.6 Å². The van der Waals surface area contributed by atoms with Crippen molar-refractivity contribution in [3.05, 3.63) is 34.7 Å². The van der Waals surface area contributed by atoms with Crippen LogP contribution in [0.1, 0.15) is 20.8 Å². The lowest BCUT2D eigenvalue weighted by molar-refractivity contribution is -0.155. The Bertz CT molecular complexity index is 828. The van der Waals surface area contributed by atoms with Crippen LogP contribution >= 0.6 is 0 Å². The van der Waals surface area contributed by atoms with Crippen LogP contribution in [0.2, 0.25) is 0 Å². The third-order valence-corrected chi connectivity index (χ3v) is 3.33. The topological polar surface area (TPSA) is 117 Å². The zero-order valence-electron chi connectivity index (χ0n) is 13.9. The molecule has 130 valence electrons. The number of rotatable bonds is 5. The number of carboxylic acids is 1. The smallest absolute Gasteiger partial charge is 0.329 e. The van der Waals surface area contributed by atoms with E-state index in [9.17, 15) is 14.4 Å². The van der Waals surface area contributed by atoms with Crippen LogP contribution in [0.25, 0.3) is 11.0 Å². The summed E-state index contributed by atoms with van der Waals surface area (Å²) < 4.78 is 7.77. The van der Waals surface area contributed by atoms with E-state index in [-0.39, 0.29) is 13.1 Å². The molecule has 1 heterocycles. The summed E-state index contributed by atoms with van der Waals surface area (Å²) in [6, 6.07) is 5.60. The highest BCUT2D eigenvalue weighted by atomic mass is 16.6. The van der Waals surface area contributed by atoms with Crippen LogP contribution in [0.5, 0.6) is 0 Å². The van der Waals surface area contributed by atoms with Crippen molar-refractivity contribution in [2.75, 3.05) is 0 Å². The number of carbonyl (C=O) groups excluding carboxylic acids is 1. The molecule has 3 N–H and O–H groups in total. The molecule has 0 spiro atoms. The van der Waals surface area contributed by atoms with Gasteiger partial charge in [-0.2, -0.15) is 0 Å². The van der Waals surface area contributed by atoms with Crippen molar-refractivity contribution < 1.29 is 19.4 Å². The molecule has 1 atom stereocenters. The summed E-state index contributed by atoms with van der Waals surface area (Å²) in [5.74, 6) is -1.75. The molecule has 1 aromatic carbocycles. The van der Waals surface area contributed by atoms with E-state index in [1.54, 1.807) is 45.0 Å². The number of aromatic nitrogens is 2. The summed E-state index contributed by atoms with van der Waals surface area (Å²) in [5, 5.41) is 8.96. The minimum Gasteiger partial charge on any atom is -0.480 e. The summed E-state index contributed by atoms with van der Waals surface area (Å²) in [7, 11) is 0. The summed E-state index contributed by atoms with van der Waals surface area (Å²) >= 11 is 0. The van der Waals surface area contributed by atoms with Crippen molar-refractivity contribution in [1.82, 2.24) is 9.13 Å². The highest BCUT2D eigenvalue weighted by molar-refractivity contribution is 5.79. The molecular weight excluding hydrogens is 314 g/mol. The van der Waals surface area contributed by atoms with Crippen LogP contribution < -0.4 is 11.4 Å². The maximum absolute atomic E-state index is 12.6. The zero-order valence-corrected chi connectivity index (χ0v) is 13.9. The van der Waals surface area contributed by atoms with Crippen LogP contribution in [0.3, 0.4) is 0 Å². The van der Waals surface area contributed by atoms with Gasteiger partial charge in [0.15, 0.2) is 0 Å². The molecule has 0 saturated carbocycles. The van der Waals surface area contributed by atoms with Gasteiger partial charge in [0, 0.05) is 0 Å². The highest BCUT2D eigenvalue weighted by Gasteiger charge is 2.22. The number of nitrogens with two attached hydrogens (primary N) is 1. The van der Waals surface area contributed by atoms with Crippen molar-refractivity contribution in [2.45, 2.75) is 45.5 Å². The Labute approximate surface area is 138 Å². The van der Waals surface area contributed by atoms with Crippen LogP contribution in [-0.4, -0.2) is 37.8 Å². The quantitative estimate of drug-likeness (QED) is 0.771. The molecule has 2 rings (SSSR count). The first-order chi connectivity index (χ1) is 11.1. The average Bonchev–Trinajstić information content (AvgIpc) is 2.71. The largest absolute Gasteiger partial charge is 0.480 e. The van der Waals surface area contributed by atoms with Gasteiger partial charge < -0.3 is 15.6 Å². The summed E-state index contributed by atoms with van der Waals surface area (Å²) in [4.78, 5) is 35.6. The van der Waals surface area contributed by atoms with E-state index in [0.717, 1.165) is 0 Å². The van der Waals surface area contributed by atoms with E-state index in [2.05, 4.69) is 0 Å². The van der Waals surface area contributed by atoms with Gasteiger partial charge >= 0.3 is 17.6 Å². The third-order valence-electron chi connectivity index (χ3n) is 3.33. The fourth-order valence-corrected chi connectivity index (χ4v) is 2.38. The summed E-state index contributed by atoms with van der Waals surface area (Å²) in [6.07, 6.45) is 0. The average molecular weight is 335 g/mol. The molecule has 1 aromatic heterocycles. The van der Waals surface area contributed by atoms with Gasteiger partial charge in [0.2, 0.25) is 0 Å². The number of carbonyl (C=O) groups is 2. The first-order valence-electron chi connectivity index (χ1n) is 7.48. The number of nitrogens with zero attached hydrogens (tertiary/aromatic N) is 2. The number of benzene rings is 1. The van der Waals surface area contributed by atoms with Crippen LogP contribution in [0.4, 0.5) is 0 Å². The minimum atomic E-state index is -1.22. The fourth-order valence-electron chi connectivity index (χ4n) is 2.38. The zero-order chi connectivity index (χ0) is 18.1. The van der Waals surface area contributed by atoms with E-state index in [0.29, 0.717) is 11.0 Å². The summed E-state index contributed by atoms with van der Waals surface area (Å²) in [6.45, 7) is 4.77. The Kier molecular flexibility index (Phi) is 4.79. The van der Waals surface area contributed by atoms with Gasteiger partial charge in [-0.1, -0.05) is 12.1 Å². The van der Waals surface area contributed by atoms with Crippen LogP contribution in [0, 0.1) is 0 Å². The number of carboxylic acid groups (broad SMARTS) is 1. The first-order valence-corrected chi connectivity index (χ1v) is 7.48. The molecule has 0 bridgehead atoms. The lowest BCUT2D eigenvalue weighted by Gasteiger charge is -2.19. The molecule has 0 amide bonds. The Balaban J connectivity index is 2.44. The highest BCUT2D eigenvalue weighted by Crippen LogP contribution is 2.14. The Morgan fingerprint density at radius 2 is 1.75 bits per heavy atom. The number of aliphatic carboxylic acids is 1. The molecule has 1 unspecified atom stereocenters. The number of imidazole rings is 1. The Morgan fingerprint density at radius 1 is 1.21 bits per heavy atom. The lowest BCUT2D eigenvalue weighted by Crippen LogP contribution is -2.39. The number of hydrogen-bond donors (Lipinski definition) is 2. The first kappa shape index (κ1) is 17.7. The Hall–Kier alpha value is -2.61. The number of hydrogen-bond acceptors (Lipinski definition) is 5. The third kappa shape index (κ3) is 3.83. The van der Waals surface area contributed by atoms with Crippen LogP contribution in [-0.2, 0) is 27.4 Å². The van der Waals surface area contributed by atoms with Gasteiger partial charge in [0.25, 0.3) is 0 Å². The van der Waals surface area contributed by atoms with Crippen molar-refractivity contribution in [2.24, 2.45) is 5.73 Å². The molecule has 24 heavy (non-hydrogen) atoms. The van der Waals surface area contributed by atoms with Crippen molar-refractivity contribution in [3.8, 4) is 0 Å². The standard InChI is InChI=1S/C16H21N3O5/c1-16(2,3)24-13(20)9-19-12-7-5-4-6-11(12)18(15(19)23)8-10(17)14(21)22/h4-7,10H,8-9,17H2,1-3H3,(H,21,22). The normalized spacial score (nSPS) is 13.0. The van der Waals surface area contributed by atoms with E-state index in [1.165, 1.54) is 9.13 Å². The maximum Gasteiger partial charge on any atom is 0.329 e. The van der Waals surface area contributed by atoms with E-state index in [4.69, 9.17) is 15.6 Å². The van der Waals surface area contributed by atoms with Crippen LogP contribution in [0.15, 0.2) is 29.1 Å². The molecule has 2 aromatic rings. The molecular formula is C16H21N3O5. The number of para-hydroxylation sites is 2. The molecule has 0 aliphatic carbocycles. The molecule has 0 radical (unpaired) electrons. The SMILES string of the molecule is CC(C)(C)OC(=O)Cn1c(=O)n(CC(N)C(=O)O)c2ccccc21. The number of fused-ring (bicyclic) bond motifs is 1. The molecule has 0 fully saturated rings. The second kappa shape index (κ2) is 6.48. The van der Waals surface area contributed by atoms with Crippen molar-refractivity contribution >= 4 is 23.0 Å². The molecule has 0 saturated heterocycles. The number of esters is 1. The van der Waals surface area contributed by atoms with Crippen molar-refractivity contribution in [1.29, 1.82) is 0 Å². The second-order valence-electron chi connectivity index (χ2n) is 6.50. The van der Waals surface area contributed by atoms with E-state index >= 15 is 0 Å². The van der Waals surface area contributed by atoms with Gasteiger partial charge in [-0.05, 0) is 32.9 Å². The van der Waals surface area contributed by atoms with Gasteiger partial charge in [-0.3, -0.25) is 18.7 Å². The maximum atomic E-state index is 12.6. The summed E-state index contributed by atoms with van der Waals surface area (Å²) in [5.41, 5.74) is 5.41. The number of ether oxygens (including phenoxy) is 1. The lowest BCUT2D eigenvalue weighted by atomic mass is 10.2. The minimum absolute atomic E-state index is 0.185. The second-order valence-corrected chi connectivity index (χ2v) is 6.50. The Morgan fingerprint density at radius 3 is 2.25 bits per heavy atom. The van der Waals surface area contributed by atoms with Gasteiger partial charge in [-0.15, -0.1) is 0 Å². The predicted molar refractivity (Wildman–Crippen MR) is 87.7 cm³/mol.